The maximum absolute atomic E-state index is 8.92. The molecule has 0 N–H and O–H groups in total. The third-order valence-electron chi connectivity index (χ3n) is 2.33. The highest BCUT2D eigenvalue weighted by atomic mass is 16.5. The molecule has 0 aromatic carbocycles. The van der Waals surface area contributed by atoms with E-state index in [4.69, 9.17) is 10.00 Å². The summed E-state index contributed by atoms with van der Waals surface area (Å²) in [5, 5.41) is 8.92. The molecule has 1 unspecified atom stereocenters. The van der Waals surface area contributed by atoms with E-state index in [0.29, 0.717) is 11.4 Å². The number of nitrogens with zero attached hydrogens (tertiary/aromatic N) is 3. The normalized spacial score (nSPS) is 11.5. The van der Waals surface area contributed by atoms with Crippen LogP contribution in [-0.4, -0.2) is 9.97 Å². The Labute approximate surface area is 99.5 Å². The van der Waals surface area contributed by atoms with Crippen LogP contribution in [-0.2, 0) is 0 Å². The lowest BCUT2D eigenvalue weighted by Crippen LogP contribution is -2.05. The SMILES string of the molecule is CC(Oc1ncccc1C#N)c1cccnc1. The molecule has 0 aliphatic carbocycles. The van der Waals surface area contributed by atoms with Crippen LogP contribution < -0.4 is 4.74 Å². The quantitative estimate of drug-likeness (QED) is 0.805. The fourth-order valence-corrected chi connectivity index (χ4v) is 1.42. The Balaban J connectivity index is 2.19. The second kappa shape index (κ2) is 5.08. The van der Waals surface area contributed by atoms with E-state index < -0.39 is 0 Å². The highest BCUT2D eigenvalue weighted by molar-refractivity contribution is 5.37. The van der Waals surface area contributed by atoms with Gasteiger partial charge >= 0.3 is 0 Å². The number of hydrogen-bond donors (Lipinski definition) is 0. The topological polar surface area (TPSA) is 58.8 Å². The Morgan fingerprint density at radius 1 is 1.29 bits per heavy atom. The predicted molar refractivity (Wildman–Crippen MR) is 62.2 cm³/mol. The zero-order chi connectivity index (χ0) is 12.1. The molecule has 0 aliphatic heterocycles. The minimum absolute atomic E-state index is 0.189. The highest BCUT2D eigenvalue weighted by Gasteiger charge is 2.10. The summed E-state index contributed by atoms with van der Waals surface area (Å²) in [6, 6.07) is 9.21. The molecular formula is C13H11N3O. The summed E-state index contributed by atoms with van der Waals surface area (Å²) in [5.74, 6) is 0.353. The molecule has 1 atom stereocenters. The third kappa shape index (κ3) is 2.58. The summed E-state index contributed by atoms with van der Waals surface area (Å²) >= 11 is 0. The van der Waals surface area contributed by atoms with Gasteiger partial charge in [0.15, 0.2) is 0 Å². The van der Waals surface area contributed by atoms with E-state index in [1.54, 1.807) is 30.7 Å². The first kappa shape index (κ1) is 11.1. The first-order valence-electron chi connectivity index (χ1n) is 5.23. The lowest BCUT2D eigenvalue weighted by Gasteiger charge is -2.14. The Bertz CT molecular complexity index is 534. The van der Waals surface area contributed by atoms with Crippen LogP contribution in [0.15, 0.2) is 42.9 Å². The van der Waals surface area contributed by atoms with Gasteiger partial charge in [-0.05, 0) is 25.1 Å². The average molecular weight is 225 g/mol. The molecule has 2 rings (SSSR count). The summed E-state index contributed by atoms with van der Waals surface area (Å²) in [6.07, 6.45) is 4.86. The summed E-state index contributed by atoms with van der Waals surface area (Å²) in [4.78, 5) is 8.07. The fourth-order valence-electron chi connectivity index (χ4n) is 1.42. The summed E-state index contributed by atoms with van der Waals surface area (Å²) in [5.41, 5.74) is 1.38. The fraction of sp³-hybridized carbons (Fsp3) is 0.154. The molecule has 0 saturated carbocycles. The van der Waals surface area contributed by atoms with Gasteiger partial charge in [-0.1, -0.05) is 6.07 Å². The van der Waals surface area contributed by atoms with Gasteiger partial charge in [-0.2, -0.15) is 5.26 Å². The van der Waals surface area contributed by atoms with Crippen molar-refractivity contribution in [2.45, 2.75) is 13.0 Å². The summed E-state index contributed by atoms with van der Waals surface area (Å²) in [6.45, 7) is 1.90. The monoisotopic (exact) mass is 225 g/mol. The van der Waals surface area contributed by atoms with Gasteiger partial charge in [0.2, 0.25) is 5.88 Å². The number of hydrogen-bond acceptors (Lipinski definition) is 4. The van der Waals surface area contributed by atoms with Crippen molar-refractivity contribution < 1.29 is 4.74 Å². The van der Waals surface area contributed by atoms with Crippen molar-refractivity contribution in [3.63, 3.8) is 0 Å². The molecule has 2 aromatic heterocycles. The van der Waals surface area contributed by atoms with Gasteiger partial charge < -0.3 is 4.74 Å². The number of nitriles is 1. The summed E-state index contributed by atoms with van der Waals surface area (Å²) < 4.78 is 5.65. The van der Waals surface area contributed by atoms with E-state index in [-0.39, 0.29) is 6.10 Å². The standard InChI is InChI=1S/C13H11N3O/c1-10(12-5-2-6-15-9-12)17-13-11(8-14)4-3-7-16-13/h2-7,9-10H,1H3. The van der Waals surface area contributed by atoms with Crippen LogP contribution in [0.5, 0.6) is 5.88 Å². The molecule has 0 saturated heterocycles. The van der Waals surface area contributed by atoms with Gasteiger partial charge in [-0.15, -0.1) is 0 Å². The van der Waals surface area contributed by atoms with Crippen molar-refractivity contribution in [3.8, 4) is 11.9 Å². The zero-order valence-electron chi connectivity index (χ0n) is 9.37. The number of pyridine rings is 2. The van der Waals surface area contributed by atoms with Gasteiger partial charge in [0.25, 0.3) is 0 Å². The van der Waals surface area contributed by atoms with Crippen LogP contribution in [0.1, 0.15) is 24.2 Å². The van der Waals surface area contributed by atoms with E-state index in [1.807, 2.05) is 25.1 Å². The number of rotatable bonds is 3. The largest absolute Gasteiger partial charge is 0.469 e. The lowest BCUT2D eigenvalue weighted by atomic mass is 10.2. The molecule has 0 radical (unpaired) electrons. The van der Waals surface area contributed by atoms with Gasteiger partial charge in [0.1, 0.15) is 17.7 Å². The molecule has 0 amide bonds. The van der Waals surface area contributed by atoms with E-state index in [9.17, 15) is 0 Å². The third-order valence-corrected chi connectivity index (χ3v) is 2.33. The van der Waals surface area contributed by atoms with E-state index in [1.165, 1.54) is 0 Å². The van der Waals surface area contributed by atoms with E-state index >= 15 is 0 Å². The number of aromatic nitrogens is 2. The van der Waals surface area contributed by atoms with Crippen LogP contribution in [0.25, 0.3) is 0 Å². The second-order valence-corrected chi connectivity index (χ2v) is 3.51. The Morgan fingerprint density at radius 3 is 2.82 bits per heavy atom. The molecular weight excluding hydrogens is 214 g/mol. The van der Waals surface area contributed by atoms with Crippen molar-refractivity contribution in [2.24, 2.45) is 0 Å². The second-order valence-electron chi connectivity index (χ2n) is 3.51. The molecule has 0 aliphatic rings. The van der Waals surface area contributed by atoms with Crippen LogP contribution in [0.2, 0.25) is 0 Å². The van der Waals surface area contributed by atoms with E-state index in [0.717, 1.165) is 5.56 Å². The molecule has 17 heavy (non-hydrogen) atoms. The molecule has 2 aromatic rings. The summed E-state index contributed by atoms with van der Waals surface area (Å²) in [7, 11) is 0. The van der Waals surface area contributed by atoms with Gasteiger partial charge in [-0.3, -0.25) is 4.98 Å². The zero-order valence-corrected chi connectivity index (χ0v) is 9.37. The smallest absolute Gasteiger partial charge is 0.232 e. The van der Waals surface area contributed by atoms with Crippen molar-refractivity contribution >= 4 is 0 Å². The van der Waals surface area contributed by atoms with Gasteiger partial charge in [-0.25, -0.2) is 4.98 Å². The number of ether oxygens (including phenoxy) is 1. The molecule has 2 heterocycles. The molecule has 0 spiro atoms. The molecule has 84 valence electrons. The predicted octanol–water partition coefficient (Wildman–Crippen LogP) is 2.49. The highest BCUT2D eigenvalue weighted by Crippen LogP contribution is 2.21. The van der Waals surface area contributed by atoms with Gasteiger partial charge in [0.05, 0.1) is 0 Å². The minimum Gasteiger partial charge on any atom is -0.469 e. The van der Waals surface area contributed by atoms with Crippen LogP contribution in [0.3, 0.4) is 0 Å². The first-order valence-corrected chi connectivity index (χ1v) is 5.23. The average Bonchev–Trinajstić information content (AvgIpc) is 2.40. The molecule has 0 fully saturated rings. The van der Waals surface area contributed by atoms with E-state index in [2.05, 4.69) is 9.97 Å². The molecule has 4 heteroatoms. The van der Waals surface area contributed by atoms with Crippen LogP contribution >= 0.6 is 0 Å². The molecule has 0 bridgehead atoms. The van der Waals surface area contributed by atoms with Crippen LogP contribution in [0.4, 0.5) is 0 Å². The molecule has 4 nitrogen and oxygen atoms in total. The lowest BCUT2D eigenvalue weighted by molar-refractivity contribution is 0.216. The van der Waals surface area contributed by atoms with Crippen molar-refractivity contribution in [2.75, 3.05) is 0 Å². The first-order chi connectivity index (χ1) is 8.31. The van der Waals surface area contributed by atoms with Crippen molar-refractivity contribution in [1.29, 1.82) is 5.26 Å². The van der Waals surface area contributed by atoms with Crippen LogP contribution in [0, 0.1) is 11.3 Å². The maximum atomic E-state index is 8.92. The Morgan fingerprint density at radius 2 is 2.12 bits per heavy atom. The Kier molecular flexibility index (Phi) is 3.31. The van der Waals surface area contributed by atoms with Crippen molar-refractivity contribution in [1.82, 2.24) is 9.97 Å². The minimum atomic E-state index is -0.189. The van der Waals surface area contributed by atoms with Gasteiger partial charge in [0, 0.05) is 24.2 Å². The maximum Gasteiger partial charge on any atom is 0.232 e. The van der Waals surface area contributed by atoms with Crippen molar-refractivity contribution in [3.05, 3.63) is 54.0 Å². The Hall–Kier alpha value is -2.41.